The highest BCUT2D eigenvalue weighted by molar-refractivity contribution is 5.92. The first-order chi connectivity index (χ1) is 11.5. The van der Waals surface area contributed by atoms with Gasteiger partial charge in [-0.05, 0) is 57.8 Å². The summed E-state index contributed by atoms with van der Waals surface area (Å²) in [6.07, 6.45) is 7.58. The molecule has 1 aromatic carbocycles. The molecule has 0 radical (unpaired) electrons. The number of halogens is 2. The predicted molar refractivity (Wildman–Crippen MR) is 104 cm³/mol. The molecule has 0 atom stereocenters. The molecule has 1 aliphatic rings. The van der Waals surface area contributed by atoms with Crippen LogP contribution in [-0.2, 0) is 4.79 Å². The van der Waals surface area contributed by atoms with E-state index in [0.717, 1.165) is 25.3 Å². The fraction of sp³-hybridized carbons (Fsp3) is 0.550. The van der Waals surface area contributed by atoms with Crippen molar-refractivity contribution in [3.63, 3.8) is 0 Å². The lowest BCUT2D eigenvalue weighted by molar-refractivity contribution is -0.129. The molecule has 0 N–H and O–H groups in total. The Hall–Kier alpha value is -1.39. The number of rotatable bonds is 6. The third-order valence-electron chi connectivity index (χ3n) is 4.81. The Labute approximate surface area is 157 Å². The van der Waals surface area contributed by atoms with E-state index >= 15 is 0 Å². The molecule has 0 unspecified atom stereocenters. The monoisotopic (exact) mass is 368 g/mol. The van der Waals surface area contributed by atoms with Gasteiger partial charge in [-0.25, -0.2) is 4.39 Å². The summed E-state index contributed by atoms with van der Waals surface area (Å²) in [5.41, 5.74) is 0.454. The summed E-state index contributed by atoms with van der Waals surface area (Å²) in [5, 5.41) is 0. The van der Waals surface area contributed by atoms with Crippen molar-refractivity contribution in [2.75, 3.05) is 27.2 Å². The van der Waals surface area contributed by atoms with Gasteiger partial charge in [-0.15, -0.1) is 12.4 Å². The fourth-order valence-corrected chi connectivity index (χ4v) is 3.20. The Kier molecular flexibility index (Phi) is 9.15. The molecule has 0 aliphatic heterocycles. The zero-order valence-electron chi connectivity index (χ0n) is 15.5. The first-order valence-corrected chi connectivity index (χ1v) is 8.85. The standard InChI is InChI=1S/C20H29FN2O.ClH/c1-16-8-11-18(12-9-16)23(15-14-22(2)3)20(24)13-10-17-6-4-5-7-19(17)21;/h4-7,10,13,16,18H,8-9,11-12,14-15H2,1-3H3;1H/t16-,18-;. The van der Waals surface area contributed by atoms with E-state index in [2.05, 4.69) is 11.8 Å². The van der Waals surface area contributed by atoms with Crippen LogP contribution in [0.4, 0.5) is 4.39 Å². The molecule has 1 aromatic rings. The summed E-state index contributed by atoms with van der Waals surface area (Å²) in [5.74, 6) is 0.438. The van der Waals surface area contributed by atoms with Crippen molar-refractivity contribution in [2.24, 2.45) is 5.92 Å². The molecule has 1 aliphatic carbocycles. The highest BCUT2D eigenvalue weighted by Gasteiger charge is 2.26. The van der Waals surface area contributed by atoms with E-state index in [-0.39, 0.29) is 24.1 Å². The van der Waals surface area contributed by atoms with Crippen LogP contribution in [0.1, 0.15) is 38.2 Å². The first kappa shape index (κ1) is 21.7. The van der Waals surface area contributed by atoms with Crippen LogP contribution in [0.25, 0.3) is 6.08 Å². The molecule has 5 heteroatoms. The number of carbonyl (C=O) groups is 1. The normalized spacial score (nSPS) is 20.5. The Morgan fingerprint density at radius 2 is 1.80 bits per heavy atom. The molecule has 3 nitrogen and oxygen atoms in total. The number of nitrogens with zero attached hydrogens (tertiary/aromatic N) is 2. The van der Waals surface area contributed by atoms with Crippen LogP contribution >= 0.6 is 12.4 Å². The van der Waals surface area contributed by atoms with Crippen LogP contribution in [0, 0.1) is 11.7 Å². The van der Waals surface area contributed by atoms with Gasteiger partial charge in [0, 0.05) is 30.8 Å². The van der Waals surface area contributed by atoms with E-state index in [0.29, 0.717) is 18.2 Å². The van der Waals surface area contributed by atoms with Crippen LogP contribution < -0.4 is 0 Å². The van der Waals surface area contributed by atoms with E-state index in [9.17, 15) is 9.18 Å². The molecule has 0 spiro atoms. The third-order valence-corrected chi connectivity index (χ3v) is 4.81. The highest BCUT2D eigenvalue weighted by Crippen LogP contribution is 2.27. The summed E-state index contributed by atoms with van der Waals surface area (Å²) in [6, 6.07) is 6.84. The Bertz CT molecular complexity index is 569. The van der Waals surface area contributed by atoms with Gasteiger partial charge in [-0.1, -0.05) is 25.1 Å². The van der Waals surface area contributed by atoms with Crippen LogP contribution in [-0.4, -0.2) is 48.9 Å². The lowest BCUT2D eigenvalue weighted by Gasteiger charge is -2.36. The molecule has 0 saturated heterocycles. The summed E-state index contributed by atoms with van der Waals surface area (Å²) in [4.78, 5) is 16.8. The number of benzene rings is 1. The SMILES string of the molecule is CN(C)CCN(C(=O)C=Cc1ccccc1F)[C@H]1CC[C@H](C)CC1.Cl. The molecular weight excluding hydrogens is 339 g/mol. The maximum absolute atomic E-state index is 13.7. The van der Waals surface area contributed by atoms with E-state index in [1.54, 1.807) is 24.3 Å². The summed E-state index contributed by atoms with van der Waals surface area (Å²) >= 11 is 0. The zero-order valence-corrected chi connectivity index (χ0v) is 16.3. The summed E-state index contributed by atoms with van der Waals surface area (Å²) < 4.78 is 13.7. The predicted octanol–water partition coefficient (Wildman–Crippen LogP) is 4.23. The highest BCUT2D eigenvalue weighted by atomic mass is 35.5. The molecule has 0 bridgehead atoms. The first-order valence-electron chi connectivity index (χ1n) is 8.85. The van der Waals surface area contributed by atoms with E-state index in [1.165, 1.54) is 25.0 Å². The molecule has 25 heavy (non-hydrogen) atoms. The molecular formula is C20H30ClFN2O. The van der Waals surface area contributed by atoms with Crippen molar-refractivity contribution < 1.29 is 9.18 Å². The summed E-state index contributed by atoms with van der Waals surface area (Å²) in [6.45, 7) is 3.83. The lowest BCUT2D eigenvalue weighted by Crippen LogP contribution is -2.44. The number of hydrogen-bond acceptors (Lipinski definition) is 2. The number of likely N-dealkylation sites (N-methyl/N-ethyl adjacent to an activating group) is 1. The largest absolute Gasteiger partial charge is 0.335 e. The van der Waals surface area contributed by atoms with Gasteiger partial charge in [0.1, 0.15) is 5.82 Å². The van der Waals surface area contributed by atoms with Gasteiger partial charge < -0.3 is 9.80 Å². The zero-order chi connectivity index (χ0) is 17.5. The molecule has 0 heterocycles. The van der Waals surface area contributed by atoms with Gasteiger partial charge in [0.2, 0.25) is 5.91 Å². The smallest absolute Gasteiger partial charge is 0.246 e. The molecule has 2 rings (SSSR count). The average molecular weight is 369 g/mol. The maximum atomic E-state index is 13.7. The second-order valence-corrected chi connectivity index (χ2v) is 7.10. The number of carbonyl (C=O) groups excluding carboxylic acids is 1. The Morgan fingerprint density at radius 3 is 2.40 bits per heavy atom. The molecule has 1 amide bonds. The topological polar surface area (TPSA) is 23.6 Å². The Morgan fingerprint density at radius 1 is 1.16 bits per heavy atom. The second kappa shape index (κ2) is 10.6. The van der Waals surface area contributed by atoms with Gasteiger partial charge in [-0.2, -0.15) is 0 Å². The lowest BCUT2D eigenvalue weighted by atomic mass is 9.86. The van der Waals surface area contributed by atoms with Crippen LogP contribution in [0.15, 0.2) is 30.3 Å². The van der Waals surface area contributed by atoms with Gasteiger partial charge >= 0.3 is 0 Å². The van der Waals surface area contributed by atoms with Gasteiger partial charge in [0.15, 0.2) is 0 Å². The Balaban J connectivity index is 0.00000312. The molecule has 1 saturated carbocycles. The minimum absolute atomic E-state index is 0. The number of hydrogen-bond donors (Lipinski definition) is 0. The van der Waals surface area contributed by atoms with Gasteiger partial charge in [0.05, 0.1) is 0 Å². The second-order valence-electron chi connectivity index (χ2n) is 7.10. The van der Waals surface area contributed by atoms with Crippen molar-refractivity contribution in [2.45, 2.75) is 38.6 Å². The van der Waals surface area contributed by atoms with E-state index in [4.69, 9.17) is 0 Å². The molecule has 0 aromatic heterocycles. The average Bonchev–Trinajstić information content (AvgIpc) is 2.55. The van der Waals surface area contributed by atoms with Crippen molar-refractivity contribution in [1.29, 1.82) is 0 Å². The van der Waals surface area contributed by atoms with Crippen LogP contribution in [0.3, 0.4) is 0 Å². The van der Waals surface area contributed by atoms with Crippen molar-refractivity contribution in [1.82, 2.24) is 9.80 Å². The number of amides is 1. The van der Waals surface area contributed by atoms with Crippen molar-refractivity contribution in [3.8, 4) is 0 Å². The summed E-state index contributed by atoms with van der Waals surface area (Å²) in [7, 11) is 4.03. The van der Waals surface area contributed by atoms with E-state index in [1.807, 2.05) is 19.0 Å². The molecule has 140 valence electrons. The molecule has 1 fully saturated rings. The van der Waals surface area contributed by atoms with E-state index < -0.39 is 0 Å². The van der Waals surface area contributed by atoms with Gasteiger partial charge in [0.25, 0.3) is 0 Å². The van der Waals surface area contributed by atoms with Crippen LogP contribution in [0.5, 0.6) is 0 Å². The van der Waals surface area contributed by atoms with Crippen molar-refractivity contribution >= 4 is 24.4 Å². The minimum atomic E-state index is -0.298. The minimum Gasteiger partial charge on any atom is -0.335 e. The third kappa shape index (κ3) is 6.79. The quantitative estimate of drug-likeness (QED) is 0.701. The fourth-order valence-electron chi connectivity index (χ4n) is 3.20. The van der Waals surface area contributed by atoms with Crippen molar-refractivity contribution in [3.05, 3.63) is 41.7 Å². The van der Waals surface area contributed by atoms with Crippen LogP contribution in [0.2, 0.25) is 0 Å². The van der Waals surface area contributed by atoms with Gasteiger partial charge in [-0.3, -0.25) is 4.79 Å². The maximum Gasteiger partial charge on any atom is 0.246 e.